The van der Waals surface area contributed by atoms with Crippen molar-refractivity contribution < 1.29 is 14.6 Å². The molecular formula is C22H24ClN7O3. The van der Waals surface area contributed by atoms with Crippen molar-refractivity contribution in [3.8, 4) is 5.75 Å². The fourth-order valence-corrected chi connectivity index (χ4v) is 3.91. The van der Waals surface area contributed by atoms with E-state index in [0.717, 1.165) is 12.0 Å². The molecule has 0 bridgehead atoms. The number of hydrogen-bond acceptors (Lipinski definition) is 9. The van der Waals surface area contributed by atoms with Gasteiger partial charge in [0.2, 0.25) is 5.95 Å². The van der Waals surface area contributed by atoms with Crippen LogP contribution in [0.25, 0.3) is 0 Å². The van der Waals surface area contributed by atoms with Gasteiger partial charge < -0.3 is 25.4 Å². The molecule has 1 amide bonds. The van der Waals surface area contributed by atoms with Gasteiger partial charge in [0.25, 0.3) is 5.91 Å². The topological polar surface area (TPSA) is 125 Å². The Morgan fingerprint density at radius 2 is 2.09 bits per heavy atom. The highest BCUT2D eigenvalue weighted by Gasteiger charge is 2.36. The van der Waals surface area contributed by atoms with E-state index in [9.17, 15) is 9.90 Å². The predicted molar refractivity (Wildman–Crippen MR) is 125 cm³/mol. The Labute approximate surface area is 196 Å². The molecule has 1 aliphatic heterocycles. The number of benzene rings is 1. The molecule has 3 aromatic rings. The summed E-state index contributed by atoms with van der Waals surface area (Å²) in [5, 5.41) is 17.1. The lowest BCUT2D eigenvalue weighted by atomic mass is 10.2. The van der Waals surface area contributed by atoms with E-state index in [1.165, 1.54) is 24.9 Å². The maximum atomic E-state index is 13.0. The number of halogens is 1. The molecule has 1 atom stereocenters. The number of ether oxygens (including phenoxy) is 1. The van der Waals surface area contributed by atoms with E-state index >= 15 is 0 Å². The van der Waals surface area contributed by atoms with Crippen LogP contribution in [-0.4, -0.2) is 50.3 Å². The molecule has 0 saturated carbocycles. The van der Waals surface area contributed by atoms with Gasteiger partial charge in [-0.05, 0) is 37.5 Å². The van der Waals surface area contributed by atoms with Crippen molar-refractivity contribution in [2.45, 2.75) is 32.0 Å². The number of nitrogens with one attached hydrogen (secondary N) is 2. The molecule has 11 heteroatoms. The number of carbonyl (C=O) groups excluding carboxylic acids is 1. The first-order valence-corrected chi connectivity index (χ1v) is 10.7. The lowest BCUT2D eigenvalue weighted by Gasteiger charge is -2.30. The third kappa shape index (κ3) is 5.12. The fourth-order valence-electron chi connectivity index (χ4n) is 3.63. The Morgan fingerprint density at radius 3 is 2.76 bits per heavy atom. The number of aliphatic hydroxyl groups is 1. The summed E-state index contributed by atoms with van der Waals surface area (Å²) in [6, 6.07) is 5.42. The van der Waals surface area contributed by atoms with Crippen LogP contribution in [0.2, 0.25) is 5.02 Å². The molecule has 1 saturated heterocycles. The van der Waals surface area contributed by atoms with Gasteiger partial charge >= 0.3 is 0 Å². The predicted octanol–water partition coefficient (Wildman–Crippen LogP) is 3.10. The second kappa shape index (κ2) is 9.55. The van der Waals surface area contributed by atoms with E-state index in [4.69, 9.17) is 16.3 Å². The lowest BCUT2D eigenvalue weighted by Crippen LogP contribution is -2.42. The summed E-state index contributed by atoms with van der Waals surface area (Å²) in [7, 11) is 1.55. The van der Waals surface area contributed by atoms with E-state index in [-0.39, 0.29) is 5.56 Å². The van der Waals surface area contributed by atoms with E-state index < -0.39 is 11.6 Å². The van der Waals surface area contributed by atoms with Gasteiger partial charge in [-0.25, -0.2) is 15.0 Å². The lowest BCUT2D eigenvalue weighted by molar-refractivity contribution is 0.0701. The Balaban J connectivity index is 1.62. The van der Waals surface area contributed by atoms with E-state index in [1.807, 2.05) is 6.07 Å². The van der Waals surface area contributed by atoms with E-state index in [2.05, 4.69) is 30.6 Å². The monoisotopic (exact) mass is 469 g/mol. The van der Waals surface area contributed by atoms with Crippen LogP contribution in [0.4, 0.5) is 17.5 Å². The van der Waals surface area contributed by atoms with Gasteiger partial charge in [-0.15, -0.1) is 0 Å². The van der Waals surface area contributed by atoms with Gasteiger partial charge in [0.1, 0.15) is 29.2 Å². The maximum Gasteiger partial charge on any atom is 0.261 e. The zero-order valence-corrected chi connectivity index (χ0v) is 19.0. The van der Waals surface area contributed by atoms with Crippen LogP contribution in [0.3, 0.4) is 0 Å². The summed E-state index contributed by atoms with van der Waals surface area (Å²) in [5.41, 5.74) is 0.506. The van der Waals surface area contributed by atoms with Gasteiger partial charge in [0.15, 0.2) is 0 Å². The maximum absolute atomic E-state index is 13.0. The number of nitrogens with zero attached hydrogens (tertiary/aromatic N) is 5. The van der Waals surface area contributed by atoms with Gasteiger partial charge in [-0.2, -0.15) is 4.98 Å². The summed E-state index contributed by atoms with van der Waals surface area (Å²) in [6.07, 6.45) is 7.24. The summed E-state index contributed by atoms with van der Waals surface area (Å²) in [4.78, 5) is 31.4. The molecule has 0 radical (unpaired) electrons. The molecule has 3 heterocycles. The summed E-state index contributed by atoms with van der Waals surface area (Å²) in [5.74, 6) is 0.822. The molecule has 0 spiro atoms. The molecule has 3 N–H and O–H groups in total. The Morgan fingerprint density at radius 1 is 1.30 bits per heavy atom. The van der Waals surface area contributed by atoms with E-state index in [0.29, 0.717) is 47.7 Å². The minimum absolute atomic E-state index is 0.237. The highest BCUT2D eigenvalue weighted by molar-refractivity contribution is 6.32. The minimum Gasteiger partial charge on any atom is -0.495 e. The number of rotatable bonds is 7. The average molecular weight is 470 g/mol. The van der Waals surface area contributed by atoms with Crippen molar-refractivity contribution in [2.24, 2.45) is 0 Å². The minimum atomic E-state index is -1.05. The van der Waals surface area contributed by atoms with Crippen molar-refractivity contribution in [3.05, 3.63) is 59.3 Å². The molecule has 0 unspecified atom stereocenters. The zero-order chi connectivity index (χ0) is 23.4. The zero-order valence-electron chi connectivity index (χ0n) is 18.2. The van der Waals surface area contributed by atoms with Gasteiger partial charge in [-0.1, -0.05) is 17.7 Å². The number of amides is 1. The van der Waals surface area contributed by atoms with Gasteiger partial charge in [0, 0.05) is 19.3 Å². The highest BCUT2D eigenvalue weighted by atomic mass is 35.5. The van der Waals surface area contributed by atoms with Crippen molar-refractivity contribution in [1.29, 1.82) is 0 Å². The fraction of sp³-hybridized carbons (Fsp3) is 0.318. The Kier molecular flexibility index (Phi) is 6.57. The molecule has 172 valence electrons. The van der Waals surface area contributed by atoms with Crippen LogP contribution in [-0.2, 0) is 6.54 Å². The van der Waals surface area contributed by atoms with Crippen LogP contribution in [0, 0.1) is 0 Å². The van der Waals surface area contributed by atoms with Crippen LogP contribution in [0.1, 0.15) is 35.7 Å². The molecule has 1 fully saturated rings. The number of methoxy groups -OCH3 is 1. The smallest absolute Gasteiger partial charge is 0.261 e. The molecule has 4 rings (SSSR count). The third-order valence-corrected chi connectivity index (χ3v) is 5.67. The molecule has 1 aromatic carbocycles. The van der Waals surface area contributed by atoms with Crippen LogP contribution >= 0.6 is 11.6 Å². The molecule has 1 aliphatic rings. The number of hydrogen-bond donors (Lipinski definition) is 3. The largest absolute Gasteiger partial charge is 0.495 e. The molecular weight excluding hydrogens is 446 g/mol. The average Bonchev–Trinajstić information content (AvgIpc) is 3.17. The molecule has 2 aromatic heterocycles. The van der Waals surface area contributed by atoms with E-state index in [1.54, 1.807) is 31.1 Å². The normalized spacial score (nSPS) is 17.6. The first-order chi connectivity index (χ1) is 15.9. The molecule has 10 nitrogen and oxygen atoms in total. The summed E-state index contributed by atoms with van der Waals surface area (Å²) < 4.78 is 5.20. The van der Waals surface area contributed by atoms with Crippen LogP contribution in [0.5, 0.6) is 5.75 Å². The van der Waals surface area contributed by atoms with Crippen molar-refractivity contribution in [3.63, 3.8) is 0 Å². The second-order valence-corrected chi connectivity index (χ2v) is 8.22. The summed E-state index contributed by atoms with van der Waals surface area (Å²) >= 11 is 6.24. The first-order valence-electron chi connectivity index (χ1n) is 10.4. The highest BCUT2D eigenvalue weighted by Crippen LogP contribution is 2.31. The van der Waals surface area contributed by atoms with Crippen molar-refractivity contribution >= 4 is 35.0 Å². The number of carbonyl (C=O) groups is 1. The third-order valence-electron chi connectivity index (χ3n) is 5.37. The van der Waals surface area contributed by atoms with Crippen LogP contribution in [0.15, 0.2) is 43.1 Å². The Bertz CT molecular complexity index is 1140. The van der Waals surface area contributed by atoms with Crippen molar-refractivity contribution in [2.75, 3.05) is 29.2 Å². The first kappa shape index (κ1) is 22.7. The molecule has 33 heavy (non-hydrogen) atoms. The standard InChI is InChI=1S/C22H24ClN7O3/c1-22(32)6-3-7-30(22)21-27-12-16(20(31)28-15-10-24-13-25-11-15)19(29-21)26-9-14-4-5-18(33-2)17(23)8-14/h4-5,8,10-13,32H,3,6-7,9H2,1-2H3,(H,28,31)(H,26,27,29)/t22-/m0/s1. The molecule has 0 aliphatic carbocycles. The second-order valence-electron chi connectivity index (χ2n) is 7.81. The Hall–Kier alpha value is -3.50. The van der Waals surface area contributed by atoms with Gasteiger partial charge in [-0.3, -0.25) is 4.79 Å². The summed E-state index contributed by atoms with van der Waals surface area (Å²) in [6.45, 7) is 2.70. The number of aromatic nitrogens is 4. The SMILES string of the molecule is COc1ccc(CNc2nc(N3CCC[C@]3(C)O)ncc2C(=O)Nc2cncnc2)cc1Cl. The van der Waals surface area contributed by atoms with Crippen molar-refractivity contribution in [1.82, 2.24) is 19.9 Å². The van der Waals surface area contributed by atoms with Crippen LogP contribution < -0.4 is 20.3 Å². The van der Waals surface area contributed by atoms with Gasteiger partial charge in [0.05, 0.1) is 30.2 Å². The number of anilines is 3. The quantitative estimate of drug-likeness (QED) is 0.478.